The lowest BCUT2D eigenvalue weighted by Crippen LogP contribution is -2.50. The van der Waals surface area contributed by atoms with E-state index in [1.807, 2.05) is 12.1 Å². The second kappa shape index (κ2) is 4.80. The van der Waals surface area contributed by atoms with Gasteiger partial charge in [-0.2, -0.15) is 0 Å². The zero-order valence-corrected chi connectivity index (χ0v) is 10.2. The summed E-state index contributed by atoms with van der Waals surface area (Å²) in [5, 5.41) is 13.5. The van der Waals surface area contributed by atoms with Crippen molar-refractivity contribution in [1.29, 1.82) is 0 Å². The second-order valence-electron chi connectivity index (χ2n) is 4.11. The molecule has 0 bridgehead atoms. The number of halogens is 2. The molecule has 1 aliphatic rings. The van der Waals surface area contributed by atoms with Gasteiger partial charge in [0.15, 0.2) is 0 Å². The van der Waals surface area contributed by atoms with Crippen LogP contribution in [-0.4, -0.2) is 31.5 Å². The molecule has 1 heterocycles. The minimum atomic E-state index is -0.175. The van der Waals surface area contributed by atoms with E-state index < -0.39 is 0 Å². The van der Waals surface area contributed by atoms with Gasteiger partial charge in [0, 0.05) is 6.54 Å². The minimum absolute atomic E-state index is 0.109. The zero-order valence-electron chi connectivity index (χ0n) is 8.67. The maximum Gasteiger partial charge on any atom is 0.0823 e. The molecule has 1 fully saturated rings. The molecule has 0 spiro atoms. The van der Waals surface area contributed by atoms with Gasteiger partial charge in [0.05, 0.1) is 41.0 Å². The SMILES string of the molecule is OCC1(CNc2cccc(Cl)c2Cl)COC1. The lowest BCUT2D eigenvalue weighted by Gasteiger charge is -2.40. The number of aliphatic hydroxyl groups excluding tert-OH is 1. The van der Waals surface area contributed by atoms with Gasteiger partial charge in [-0.15, -0.1) is 0 Å². The zero-order chi connectivity index (χ0) is 11.6. The Kier molecular flexibility index (Phi) is 3.60. The molecule has 0 radical (unpaired) electrons. The molecule has 0 saturated carbocycles. The number of hydrogen-bond donors (Lipinski definition) is 2. The summed E-state index contributed by atoms with van der Waals surface area (Å²) in [6.07, 6.45) is 0. The number of nitrogens with one attached hydrogen (secondary N) is 1. The predicted molar refractivity (Wildman–Crippen MR) is 65.3 cm³/mol. The molecule has 2 rings (SSSR count). The third kappa shape index (κ3) is 2.28. The van der Waals surface area contributed by atoms with Crippen LogP contribution in [0.15, 0.2) is 18.2 Å². The van der Waals surface area contributed by atoms with E-state index in [1.165, 1.54) is 0 Å². The van der Waals surface area contributed by atoms with Gasteiger partial charge in [-0.1, -0.05) is 29.3 Å². The van der Waals surface area contributed by atoms with Gasteiger partial charge in [0.1, 0.15) is 0 Å². The number of anilines is 1. The van der Waals surface area contributed by atoms with Gasteiger partial charge in [-0.3, -0.25) is 0 Å². The maximum atomic E-state index is 9.26. The summed E-state index contributed by atoms with van der Waals surface area (Å²) in [5.74, 6) is 0. The van der Waals surface area contributed by atoms with E-state index in [1.54, 1.807) is 6.07 Å². The first-order chi connectivity index (χ1) is 7.67. The molecule has 0 aliphatic carbocycles. The van der Waals surface area contributed by atoms with Gasteiger partial charge in [-0.25, -0.2) is 0 Å². The fourth-order valence-electron chi connectivity index (χ4n) is 1.56. The Balaban J connectivity index is 2.02. The van der Waals surface area contributed by atoms with Crippen molar-refractivity contribution in [2.24, 2.45) is 5.41 Å². The van der Waals surface area contributed by atoms with E-state index in [0.29, 0.717) is 29.8 Å². The number of aliphatic hydroxyl groups is 1. The summed E-state index contributed by atoms with van der Waals surface area (Å²) >= 11 is 11.9. The van der Waals surface area contributed by atoms with Crippen molar-refractivity contribution in [2.45, 2.75) is 0 Å². The normalized spacial score (nSPS) is 17.9. The van der Waals surface area contributed by atoms with E-state index in [0.717, 1.165) is 5.69 Å². The van der Waals surface area contributed by atoms with Crippen LogP contribution >= 0.6 is 23.2 Å². The summed E-state index contributed by atoms with van der Waals surface area (Å²) in [7, 11) is 0. The third-order valence-electron chi connectivity index (χ3n) is 2.76. The van der Waals surface area contributed by atoms with Crippen LogP contribution in [-0.2, 0) is 4.74 Å². The molecule has 0 aromatic heterocycles. The standard InChI is InChI=1S/C11H13Cl2NO2/c12-8-2-1-3-9(10(8)13)14-4-11(5-15)6-16-7-11/h1-3,14-15H,4-7H2. The summed E-state index contributed by atoms with van der Waals surface area (Å²) in [6, 6.07) is 5.43. The molecule has 16 heavy (non-hydrogen) atoms. The van der Waals surface area contributed by atoms with Crippen LogP contribution in [0.25, 0.3) is 0 Å². The lowest BCUT2D eigenvalue weighted by molar-refractivity contribution is -0.128. The minimum Gasteiger partial charge on any atom is -0.396 e. The molecule has 1 saturated heterocycles. The Morgan fingerprint density at radius 1 is 1.38 bits per heavy atom. The molecule has 0 amide bonds. The number of benzene rings is 1. The molecule has 1 aromatic carbocycles. The molecule has 1 aliphatic heterocycles. The van der Waals surface area contributed by atoms with Crippen LogP contribution in [0.1, 0.15) is 0 Å². The highest BCUT2D eigenvalue weighted by Crippen LogP contribution is 2.32. The van der Waals surface area contributed by atoms with E-state index >= 15 is 0 Å². The molecule has 88 valence electrons. The van der Waals surface area contributed by atoms with E-state index in [4.69, 9.17) is 27.9 Å². The highest BCUT2D eigenvalue weighted by Gasteiger charge is 2.37. The van der Waals surface area contributed by atoms with Gasteiger partial charge < -0.3 is 15.2 Å². The molecule has 0 unspecified atom stereocenters. The van der Waals surface area contributed by atoms with Crippen LogP contribution in [0.3, 0.4) is 0 Å². The van der Waals surface area contributed by atoms with Gasteiger partial charge in [0.25, 0.3) is 0 Å². The summed E-state index contributed by atoms with van der Waals surface area (Å²) in [5.41, 5.74) is 0.611. The number of ether oxygens (including phenoxy) is 1. The van der Waals surface area contributed by atoms with Crippen molar-refractivity contribution < 1.29 is 9.84 Å². The van der Waals surface area contributed by atoms with Gasteiger partial charge >= 0.3 is 0 Å². The molecular formula is C11H13Cl2NO2. The first-order valence-corrected chi connectivity index (χ1v) is 5.79. The fourth-order valence-corrected chi connectivity index (χ4v) is 1.93. The summed E-state index contributed by atoms with van der Waals surface area (Å²) in [6.45, 7) is 1.89. The highest BCUT2D eigenvalue weighted by atomic mass is 35.5. The first-order valence-electron chi connectivity index (χ1n) is 5.03. The van der Waals surface area contributed by atoms with E-state index in [9.17, 15) is 5.11 Å². The summed E-state index contributed by atoms with van der Waals surface area (Å²) < 4.78 is 5.11. The van der Waals surface area contributed by atoms with Crippen molar-refractivity contribution in [1.82, 2.24) is 0 Å². The van der Waals surface area contributed by atoms with Gasteiger partial charge in [-0.05, 0) is 12.1 Å². The fraction of sp³-hybridized carbons (Fsp3) is 0.455. The lowest BCUT2D eigenvalue weighted by atomic mass is 9.87. The van der Waals surface area contributed by atoms with Crippen LogP contribution < -0.4 is 5.32 Å². The number of hydrogen-bond acceptors (Lipinski definition) is 3. The first kappa shape index (κ1) is 12.0. The van der Waals surface area contributed by atoms with Crippen LogP contribution in [0, 0.1) is 5.41 Å². The number of rotatable bonds is 4. The topological polar surface area (TPSA) is 41.5 Å². The predicted octanol–water partition coefficient (Wildman–Crippen LogP) is 2.41. The smallest absolute Gasteiger partial charge is 0.0823 e. The molecule has 5 heteroatoms. The third-order valence-corrected chi connectivity index (χ3v) is 3.58. The van der Waals surface area contributed by atoms with Crippen molar-refractivity contribution in [3.8, 4) is 0 Å². The maximum absolute atomic E-state index is 9.26. The Morgan fingerprint density at radius 3 is 2.69 bits per heavy atom. The molecular weight excluding hydrogens is 249 g/mol. The van der Waals surface area contributed by atoms with Crippen LogP contribution in [0.2, 0.25) is 10.0 Å². The monoisotopic (exact) mass is 261 g/mol. The molecule has 1 aromatic rings. The van der Waals surface area contributed by atoms with Crippen LogP contribution in [0.5, 0.6) is 0 Å². The van der Waals surface area contributed by atoms with E-state index in [2.05, 4.69) is 5.32 Å². The molecule has 3 nitrogen and oxygen atoms in total. The van der Waals surface area contributed by atoms with Gasteiger partial charge in [0.2, 0.25) is 0 Å². The van der Waals surface area contributed by atoms with Crippen LogP contribution in [0.4, 0.5) is 5.69 Å². The average Bonchev–Trinajstić information content (AvgIpc) is 2.23. The Labute approximate surface area is 104 Å². The van der Waals surface area contributed by atoms with Crippen molar-refractivity contribution in [3.05, 3.63) is 28.2 Å². The van der Waals surface area contributed by atoms with Crippen molar-refractivity contribution in [2.75, 3.05) is 31.7 Å². The second-order valence-corrected chi connectivity index (χ2v) is 4.89. The van der Waals surface area contributed by atoms with E-state index in [-0.39, 0.29) is 12.0 Å². The summed E-state index contributed by atoms with van der Waals surface area (Å²) in [4.78, 5) is 0. The Morgan fingerprint density at radius 2 is 2.12 bits per heavy atom. The molecule has 0 atom stereocenters. The van der Waals surface area contributed by atoms with Crippen molar-refractivity contribution >= 4 is 28.9 Å². The highest BCUT2D eigenvalue weighted by molar-refractivity contribution is 6.43. The van der Waals surface area contributed by atoms with Crippen molar-refractivity contribution in [3.63, 3.8) is 0 Å². The Hall–Kier alpha value is -0.480. The Bertz CT molecular complexity index is 375. The quantitative estimate of drug-likeness (QED) is 0.875. The average molecular weight is 262 g/mol. The molecule has 2 N–H and O–H groups in total. The largest absolute Gasteiger partial charge is 0.396 e.